The molecular formula is C20H28O7. The molecule has 5 N–H and O–H groups in total. The number of ether oxygens (including phenoxy) is 1. The molecule has 7 heteroatoms. The van der Waals surface area contributed by atoms with Gasteiger partial charge in [0.15, 0.2) is 5.78 Å². The zero-order valence-electron chi connectivity index (χ0n) is 15.5. The molecule has 6 fully saturated rings. The lowest BCUT2D eigenvalue weighted by molar-refractivity contribution is -0.452. The quantitative estimate of drug-likeness (QED) is 0.383. The predicted molar refractivity (Wildman–Crippen MR) is 92.1 cm³/mol. The number of Topliss-reactive ketones (excluding diaryl/α,β-unsaturated/α-hetero) is 1. The fraction of sp³-hybridized carbons (Fsp3) is 0.850. The van der Waals surface area contributed by atoms with Gasteiger partial charge in [-0.05, 0) is 36.2 Å². The number of rotatable bonds is 1. The molecule has 27 heavy (non-hydrogen) atoms. The van der Waals surface area contributed by atoms with Gasteiger partial charge in [-0.3, -0.25) is 4.79 Å². The second kappa shape index (κ2) is 5.01. The highest BCUT2D eigenvalue weighted by molar-refractivity contribution is 6.05. The van der Waals surface area contributed by atoms with E-state index in [1.807, 2.05) is 6.92 Å². The Balaban J connectivity index is 1.79. The average Bonchev–Trinajstić information content (AvgIpc) is 2.76. The molecule has 10 atom stereocenters. The van der Waals surface area contributed by atoms with Crippen molar-refractivity contribution in [3.63, 3.8) is 0 Å². The third-order valence-electron chi connectivity index (χ3n) is 9.00. The number of ketones is 1. The SMILES string of the molecule is C=C1C(=O)C23C(O)C1C(O)CC2C12CCCC(C)(CO)C1C(O)C3(O)OC2. The van der Waals surface area contributed by atoms with E-state index in [9.17, 15) is 30.3 Å². The largest absolute Gasteiger partial charge is 0.396 e. The van der Waals surface area contributed by atoms with Gasteiger partial charge in [0.1, 0.15) is 11.5 Å². The van der Waals surface area contributed by atoms with E-state index in [1.165, 1.54) is 0 Å². The van der Waals surface area contributed by atoms with E-state index >= 15 is 0 Å². The minimum Gasteiger partial charge on any atom is -0.396 e. The van der Waals surface area contributed by atoms with Gasteiger partial charge in [0.2, 0.25) is 5.79 Å². The molecule has 4 bridgehead atoms. The van der Waals surface area contributed by atoms with Crippen molar-refractivity contribution >= 4 is 5.78 Å². The Morgan fingerprint density at radius 2 is 1.93 bits per heavy atom. The third kappa shape index (κ3) is 1.59. The summed E-state index contributed by atoms with van der Waals surface area (Å²) in [7, 11) is 0. The van der Waals surface area contributed by atoms with Crippen LogP contribution in [0.2, 0.25) is 0 Å². The summed E-state index contributed by atoms with van der Waals surface area (Å²) in [5.74, 6) is -4.65. The summed E-state index contributed by atoms with van der Waals surface area (Å²) in [6, 6.07) is 0. The van der Waals surface area contributed by atoms with Crippen LogP contribution in [0.5, 0.6) is 0 Å². The Hall–Kier alpha value is -0.830. The van der Waals surface area contributed by atoms with Gasteiger partial charge < -0.3 is 30.3 Å². The molecule has 4 aliphatic carbocycles. The first-order valence-corrected chi connectivity index (χ1v) is 9.87. The Morgan fingerprint density at radius 1 is 1.22 bits per heavy atom. The normalized spacial score (nSPS) is 61.7. The van der Waals surface area contributed by atoms with Crippen molar-refractivity contribution < 1.29 is 35.1 Å². The van der Waals surface area contributed by atoms with Crippen LogP contribution < -0.4 is 0 Å². The zero-order chi connectivity index (χ0) is 19.6. The Kier molecular flexibility index (Phi) is 3.38. The van der Waals surface area contributed by atoms with Crippen LogP contribution in [0.1, 0.15) is 32.6 Å². The molecule has 2 heterocycles. The molecule has 150 valence electrons. The molecular weight excluding hydrogens is 352 g/mol. The second-order valence-electron chi connectivity index (χ2n) is 9.86. The van der Waals surface area contributed by atoms with Crippen molar-refractivity contribution in [3.05, 3.63) is 12.2 Å². The summed E-state index contributed by atoms with van der Waals surface area (Å²) in [6.07, 6.45) is -1.35. The van der Waals surface area contributed by atoms with Gasteiger partial charge in [0, 0.05) is 23.9 Å². The van der Waals surface area contributed by atoms with Crippen molar-refractivity contribution in [2.75, 3.05) is 13.2 Å². The molecule has 2 aliphatic heterocycles. The van der Waals surface area contributed by atoms with Crippen LogP contribution in [-0.4, -0.2) is 68.6 Å². The van der Waals surface area contributed by atoms with Gasteiger partial charge in [-0.15, -0.1) is 0 Å². The van der Waals surface area contributed by atoms with E-state index in [1.54, 1.807) is 0 Å². The molecule has 0 aromatic heterocycles. The van der Waals surface area contributed by atoms with Gasteiger partial charge in [0.25, 0.3) is 0 Å². The highest BCUT2D eigenvalue weighted by Gasteiger charge is 2.86. The summed E-state index contributed by atoms with van der Waals surface area (Å²) in [5.41, 5.74) is -2.95. The van der Waals surface area contributed by atoms with E-state index in [0.717, 1.165) is 6.42 Å². The van der Waals surface area contributed by atoms with E-state index < -0.39 is 63.9 Å². The predicted octanol–water partition coefficient (Wildman–Crippen LogP) is -0.652. The Labute approximate surface area is 157 Å². The van der Waals surface area contributed by atoms with Crippen LogP contribution in [0.15, 0.2) is 12.2 Å². The molecule has 7 nitrogen and oxygen atoms in total. The number of aliphatic hydroxyl groups excluding tert-OH is 4. The minimum absolute atomic E-state index is 0.1000. The van der Waals surface area contributed by atoms with Crippen molar-refractivity contribution in [1.29, 1.82) is 0 Å². The van der Waals surface area contributed by atoms with Gasteiger partial charge in [0.05, 0.1) is 18.8 Å². The van der Waals surface area contributed by atoms with Crippen LogP contribution in [0.25, 0.3) is 0 Å². The lowest BCUT2D eigenvalue weighted by Crippen LogP contribution is -2.84. The van der Waals surface area contributed by atoms with E-state index in [4.69, 9.17) is 4.74 Å². The number of carbonyl (C=O) groups is 1. The summed E-state index contributed by atoms with van der Waals surface area (Å²) in [4.78, 5) is 13.4. The van der Waals surface area contributed by atoms with Crippen molar-refractivity contribution in [1.82, 2.24) is 0 Å². The fourth-order valence-corrected chi connectivity index (χ4v) is 7.99. The van der Waals surface area contributed by atoms with Crippen molar-refractivity contribution in [3.8, 4) is 0 Å². The lowest BCUT2D eigenvalue weighted by atomic mass is 9.36. The second-order valence-corrected chi connectivity index (χ2v) is 9.86. The molecule has 0 amide bonds. The zero-order valence-corrected chi connectivity index (χ0v) is 15.5. The molecule has 2 saturated heterocycles. The van der Waals surface area contributed by atoms with Crippen LogP contribution >= 0.6 is 0 Å². The molecule has 10 unspecified atom stereocenters. The number of hydrogen-bond acceptors (Lipinski definition) is 7. The van der Waals surface area contributed by atoms with Crippen molar-refractivity contribution in [2.45, 2.75) is 56.7 Å². The first kappa shape index (κ1) is 18.2. The molecule has 2 spiro atoms. The average molecular weight is 380 g/mol. The molecule has 0 aromatic carbocycles. The molecule has 6 rings (SSSR count). The van der Waals surface area contributed by atoms with Gasteiger partial charge in [-0.1, -0.05) is 19.9 Å². The maximum absolute atomic E-state index is 13.4. The summed E-state index contributed by atoms with van der Waals surface area (Å²) in [6.45, 7) is 5.67. The van der Waals surface area contributed by atoms with Crippen LogP contribution in [0.4, 0.5) is 0 Å². The first-order valence-electron chi connectivity index (χ1n) is 9.87. The summed E-state index contributed by atoms with van der Waals surface area (Å²) >= 11 is 0. The molecule has 0 aromatic rings. The highest BCUT2D eigenvalue weighted by atomic mass is 16.6. The Morgan fingerprint density at radius 3 is 2.59 bits per heavy atom. The van der Waals surface area contributed by atoms with Gasteiger partial charge in [-0.25, -0.2) is 0 Å². The molecule has 6 aliphatic rings. The molecule has 4 saturated carbocycles. The number of fused-ring (bicyclic) bond motifs is 2. The minimum atomic E-state index is -2.26. The first-order chi connectivity index (χ1) is 12.6. The van der Waals surface area contributed by atoms with E-state index in [0.29, 0.717) is 12.8 Å². The number of hydrogen-bond donors (Lipinski definition) is 5. The van der Waals surface area contributed by atoms with E-state index in [2.05, 4.69) is 6.58 Å². The fourth-order valence-electron chi connectivity index (χ4n) is 7.99. The Bertz CT molecular complexity index is 738. The third-order valence-corrected chi connectivity index (χ3v) is 9.00. The van der Waals surface area contributed by atoms with Crippen LogP contribution in [0, 0.1) is 34.0 Å². The van der Waals surface area contributed by atoms with Crippen LogP contribution in [-0.2, 0) is 9.53 Å². The van der Waals surface area contributed by atoms with Crippen molar-refractivity contribution in [2.24, 2.45) is 34.0 Å². The van der Waals surface area contributed by atoms with Crippen LogP contribution in [0.3, 0.4) is 0 Å². The van der Waals surface area contributed by atoms with Gasteiger partial charge in [-0.2, -0.15) is 0 Å². The maximum Gasteiger partial charge on any atom is 0.208 e. The van der Waals surface area contributed by atoms with E-state index in [-0.39, 0.29) is 25.2 Å². The smallest absolute Gasteiger partial charge is 0.208 e. The topological polar surface area (TPSA) is 127 Å². The van der Waals surface area contributed by atoms with Gasteiger partial charge >= 0.3 is 0 Å². The number of aliphatic hydroxyl groups is 5. The monoisotopic (exact) mass is 380 g/mol. The lowest BCUT2D eigenvalue weighted by Gasteiger charge is -2.74. The maximum atomic E-state index is 13.4. The highest BCUT2D eigenvalue weighted by Crippen LogP contribution is 2.76. The number of carbonyl (C=O) groups excluding carboxylic acids is 1. The molecule has 0 radical (unpaired) electrons. The summed E-state index contributed by atoms with van der Waals surface area (Å²) < 4.78 is 5.81. The summed E-state index contributed by atoms with van der Waals surface area (Å²) in [5, 5.41) is 54.9. The standard InChI is InChI=1S/C20H28O7/c1-9-12-10(22)6-11-18-5-3-4-17(2,7-21)13(18)16(25)20(26,27-8-18)19(11,14(9)23)15(12)24/h10-13,15-16,21-22,24-26H,1,3-8H2,2H3.